The van der Waals surface area contributed by atoms with Crippen molar-refractivity contribution >= 4 is 17.5 Å². The van der Waals surface area contributed by atoms with Crippen LogP contribution in [0.15, 0.2) is 18.5 Å². The van der Waals surface area contributed by atoms with Gasteiger partial charge in [0, 0.05) is 25.5 Å². The van der Waals surface area contributed by atoms with Gasteiger partial charge >= 0.3 is 0 Å². The smallest absolute Gasteiger partial charge is 0.257 e. The number of carbonyl (C=O) groups excluding carboxylic acids is 1. The fourth-order valence-electron chi connectivity index (χ4n) is 1.94. The average molecular weight is 255 g/mol. The van der Waals surface area contributed by atoms with Gasteiger partial charge in [-0.15, -0.1) is 0 Å². The first-order valence-electron chi connectivity index (χ1n) is 5.66. The van der Waals surface area contributed by atoms with Crippen molar-refractivity contribution < 1.29 is 9.90 Å². The standard InChI is InChI=1S/C12H15ClN2O2/c1-8-3-5-15(7-11(8)16)12(17)9-6-14-4-2-10(9)13/h2,4,6,8,11,16H,3,5,7H2,1H3. The fourth-order valence-corrected chi connectivity index (χ4v) is 2.12. The largest absolute Gasteiger partial charge is 0.391 e. The number of pyridine rings is 1. The molecule has 2 unspecified atom stereocenters. The Bertz CT molecular complexity index is 425. The Hall–Kier alpha value is -1.13. The summed E-state index contributed by atoms with van der Waals surface area (Å²) in [5.41, 5.74) is 0.399. The third-order valence-electron chi connectivity index (χ3n) is 3.20. The van der Waals surface area contributed by atoms with Gasteiger partial charge in [0.25, 0.3) is 5.91 Å². The first-order chi connectivity index (χ1) is 8.09. The molecule has 1 aliphatic heterocycles. The molecule has 92 valence electrons. The summed E-state index contributed by atoms with van der Waals surface area (Å²) >= 11 is 5.95. The number of aliphatic hydroxyl groups is 1. The maximum absolute atomic E-state index is 12.2. The van der Waals surface area contributed by atoms with E-state index >= 15 is 0 Å². The molecule has 17 heavy (non-hydrogen) atoms. The number of hydrogen-bond acceptors (Lipinski definition) is 3. The molecule has 0 aliphatic carbocycles. The Morgan fingerprint density at radius 1 is 1.65 bits per heavy atom. The van der Waals surface area contributed by atoms with Gasteiger partial charge in [-0.2, -0.15) is 0 Å². The van der Waals surface area contributed by atoms with E-state index in [0.717, 1.165) is 6.42 Å². The summed E-state index contributed by atoms with van der Waals surface area (Å²) < 4.78 is 0. The predicted octanol–water partition coefficient (Wildman–Crippen LogP) is 1.58. The van der Waals surface area contributed by atoms with E-state index < -0.39 is 6.10 Å². The van der Waals surface area contributed by atoms with Crippen LogP contribution in [-0.4, -0.2) is 40.1 Å². The van der Waals surface area contributed by atoms with E-state index in [1.54, 1.807) is 17.2 Å². The SMILES string of the molecule is CC1CCN(C(=O)c2cnccc2Cl)CC1O. The van der Waals surface area contributed by atoms with Crippen molar-refractivity contribution in [3.8, 4) is 0 Å². The fraction of sp³-hybridized carbons (Fsp3) is 0.500. The Balaban J connectivity index is 2.14. The number of β-amino-alcohol motifs (C(OH)–C–C–N with tert-alkyl or cyclic N) is 1. The lowest BCUT2D eigenvalue weighted by Crippen LogP contribution is -2.45. The Kier molecular flexibility index (Phi) is 3.64. The van der Waals surface area contributed by atoms with Crippen LogP contribution >= 0.6 is 11.6 Å². The summed E-state index contributed by atoms with van der Waals surface area (Å²) in [6, 6.07) is 1.60. The molecule has 0 aromatic carbocycles. The molecule has 1 saturated heterocycles. The van der Waals surface area contributed by atoms with Gasteiger partial charge in [0.2, 0.25) is 0 Å². The van der Waals surface area contributed by atoms with Crippen LogP contribution in [0, 0.1) is 5.92 Å². The van der Waals surface area contributed by atoms with Crippen molar-refractivity contribution in [3.05, 3.63) is 29.0 Å². The number of rotatable bonds is 1. The van der Waals surface area contributed by atoms with Crippen LogP contribution in [-0.2, 0) is 0 Å². The normalized spacial score (nSPS) is 24.8. The Morgan fingerprint density at radius 2 is 2.41 bits per heavy atom. The molecule has 1 aliphatic rings. The number of carbonyl (C=O) groups is 1. The van der Waals surface area contributed by atoms with Gasteiger partial charge in [-0.05, 0) is 18.4 Å². The van der Waals surface area contributed by atoms with Gasteiger partial charge in [-0.1, -0.05) is 18.5 Å². The molecule has 2 rings (SSSR count). The first-order valence-corrected chi connectivity index (χ1v) is 6.04. The lowest BCUT2D eigenvalue weighted by atomic mass is 9.95. The summed E-state index contributed by atoms with van der Waals surface area (Å²) in [4.78, 5) is 17.7. The predicted molar refractivity (Wildman–Crippen MR) is 64.9 cm³/mol. The second-order valence-electron chi connectivity index (χ2n) is 4.44. The summed E-state index contributed by atoms with van der Waals surface area (Å²) in [6.45, 7) is 3.01. The summed E-state index contributed by atoms with van der Waals surface area (Å²) in [5.74, 6) is 0.0810. The number of aromatic nitrogens is 1. The third kappa shape index (κ3) is 2.58. The topological polar surface area (TPSA) is 53.4 Å². The first kappa shape index (κ1) is 12.3. The lowest BCUT2D eigenvalue weighted by Gasteiger charge is -2.34. The molecule has 2 heterocycles. The minimum absolute atomic E-state index is 0.158. The molecule has 0 saturated carbocycles. The van der Waals surface area contributed by atoms with Crippen molar-refractivity contribution in [2.24, 2.45) is 5.92 Å². The third-order valence-corrected chi connectivity index (χ3v) is 3.53. The van der Waals surface area contributed by atoms with E-state index in [4.69, 9.17) is 11.6 Å². The van der Waals surface area contributed by atoms with Crippen LogP contribution in [0.3, 0.4) is 0 Å². The molecule has 0 bridgehead atoms. The van der Waals surface area contributed by atoms with Crippen LogP contribution in [0.5, 0.6) is 0 Å². The zero-order chi connectivity index (χ0) is 12.4. The van der Waals surface area contributed by atoms with Gasteiger partial charge < -0.3 is 10.0 Å². The van der Waals surface area contributed by atoms with Gasteiger partial charge in [0.05, 0.1) is 16.7 Å². The second-order valence-corrected chi connectivity index (χ2v) is 4.85. The van der Waals surface area contributed by atoms with Crippen LogP contribution in [0.2, 0.25) is 5.02 Å². The van der Waals surface area contributed by atoms with E-state index in [-0.39, 0.29) is 11.8 Å². The maximum atomic E-state index is 12.2. The zero-order valence-electron chi connectivity index (χ0n) is 9.64. The highest BCUT2D eigenvalue weighted by atomic mass is 35.5. The lowest BCUT2D eigenvalue weighted by molar-refractivity contribution is 0.0248. The minimum atomic E-state index is -0.455. The van der Waals surface area contributed by atoms with E-state index in [2.05, 4.69) is 4.98 Å². The maximum Gasteiger partial charge on any atom is 0.257 e. The van der Waals surface area contributed by atoms with Crippen molar-refractivity contribution in [2.45, 2.75) is 19.4 Å². The highest BCUT2D eigenvalue weighted by molar-refractivity contribution is 6.33. The zero-order valence-corrected chi connectivity index (χ0v) is 10.4. The van der Waals surface area contributed by atoms with Gasteiger partial charge in [-0.3, -0.25) is 9.78 Å². The number of nitrogens with zero attached hydrogens (tertiary/aromatic N) is 2. The summed E-state index contributed by atoms with van der Waals surface area (Å²) in [6.07, 6.45) is 3.37. The van der Waals surface area contributed by atoms with Gasteiger partial charge in [0.15, 0.2) is 0 Å². The van der Waals surface area contributed by atoms with Crippen molar-refractivity contribution in [1.29, 1.82) is 0 Å². The molecule has 1 amide bonds. The van der Waals surface area contributed by atoms with Crippen molar-refractivity contribution in [1.82, 2.24) is 9.88 Å². The van der Waals surface area contributed by atoms with Crippen LogP contribution < -0.4 is 0 Å². The average Bonchev–Trinajstić information content (AvgIpc) is 2.32. The number of aliphatic hydroxyl groups excluding tert-OH is 1. The molecular formula is C12H15ClN2O2. The molecule has 1 N–H and O–H groups in total. The van der Waals surface area contributed by atoms with E-state index in [1.165, 1.54) is 6.20 Å². The minimum Gasteiger partial charge on any atom is -0.391 e. The molecule has 2 atom stereocenters. The van der Waals surface area contributed by atoms with E-state index in [0.29, 0.717) is 23.7 Å². The number of hydrogen-bond donors (Lipinski definition) is 1. The molecule has 5 heteroatoms. The summed E-state index contributed by atoms with van der Waals surface area (Å²) in [5, 5.41) is 10.2. The van der Waals surface area contributed by atoms with Crippen molar-refractivity contribution in [3.63, 3.8) is 0 Å². The molecule has 0 spiro atoms. The van der Waals surface area contributed by atoms with Crippen molar-refractivity contribution in [2.75, 3.05) is 13.1 Å². The highest BCUT2D eigenvalue weighted by Gasteiger charge is 2.28. The number of halogens is 1. The number of likely N-dealkylation sites (tertiary alicyclic amines) is 1. The molecule has 1 aromatic rings. The van der Waals surface area contributed by atoms with Crippen LogP contribution in [0.4, 0.5) is 0 Å². The monoisotopic (exact) mass is 254 g/mol. The second kappa shape index (κ2) is 5.02. The van der Waals surface area contributed by atoms with E-state index in [1.807, 2.05) is 6.92 Å². The molecule has 0 radical (unpaired) electrons. The highest BCUT2D eigenvalue weighted by Crippen LogP contribution is 2.21. The molecule has 1 aromatic heterocycles. The summed E-state index contributed by atoms with van der Waals surface area (Å²) in [7, 11) is 0. The van der Waals surface area contributed by atoms with E-state index in [9.17, 15) is 9.90 Å². The number of piperidine rings is 1. The quantitative estimate of drug-likeness (QED) is 0.828. The van der Waals surface area contributed by atoms with Gasteiger partial charge in [-0.25, -0.2) is 0 Å². The van der Waals surface area contributed by atoms with Crippen LogP contribution in [0.1, 0.15) is 23.7 Å². The molecule has 4 nitrogen and oxygen atoms in total. The van der Waals surface area contributed by atoms with Crippen LogP contribution in [0.25, 0.3) is 0 Å². The Morgan fingerprint density at radius 3 is 3.06 bits per heavy atom. The molecule has 1 fully saturated rings. The Labute approximate surface area is 105 Å². The van der Waals surface area contributed by atoms with Gasteiger partial charge in [0.1, 0.15) is 0 Å². The number of amides is 1. The molecular weight excluding hydrogens is 240 g/mol.